The van der Waals surface area contributed by atoms with E-state index in [1.165, 1.54) is 0 Å². The van der Waals surface area contributed by atoms with Gasteiger partial charge in [-0.2, -0.15) is 13.2 Å². The summed E-state index contributed by atoms with van der Waals surface area (Å²) in [7, 11) is 0. The number of morpholine rings is 1. The van der Waals surface area contributed by atoms with Crippen LogP contribution >= 0.6 is 0 Å². The van der Waals surface area contributed by atoms with Gasteiger partial charge in [0.1, 0.15) is 6.54 Å². The maximum Gasteiger partial charge on any atom is 0.405 e. The van der Waals surface area contributed by atoms with Gasteiger partial charge in [-0.05, 0) is 6.54 Å². The van der Waals surface area contributed by atoms with Gasteiger partial charge in [-0.25, -0.2) is 0 Å². The molecule has 1 aliphatic rings. The Morgan fingerprint density at radius 3 is 2.84 bits per heavy atom. The summed E-state index contributed by atoms with van der Waals surface area (Å²) >= 11 is 0. The molecule has 1 atom stereocenters. The normalized spacial score (nSPS) is 21.4. The smallest absolute Gasteiger partial charge is 0.374 e. The van der Waals surface area contributed by atoms with Crippen molar-refractivity contribution in [1.82, 2.24) is 15.5 Å². The number of hydrogen-bond acceptors (Lipinski definition) is 4. The van der Waals surface area contributed by atoms with Crippen molar-refractivity contribution in [3.05, 3.63) is 0 Å². The molecular weight excluding hydrogens is 263 g/mol. The van der Waals surface area contributed by atoms with Crippen molar-refractivity contribution < 1.29 is 22.7 Å². The lowest BCUT2D eigenvalue weighted by molar-refractivity contribution is -0.138. The topological polar surface area (TPSA) is 53.6 Å². The lowest BCUT2D eigenvalue weighted by Gasteiger charge is -2.32. The van der Waals surface area contributed by atoms with Gasteiger partial charge in [0.2, 0.25) is 5.91 Å². The molecule has 2 N–H and O–H groups in total. The second-order valence-corrected chi connectivity index (χ2v) is 4.41. The van der Waals surface area contributed by atoms with Gasteiger partial charge in [-0.3, -0.25) is 9.69 Å². The first-order valence-electron chi connectivity index (χ1n) is 6.29. The van der Waals surface area contributed by atoms with Gasteiger partial charge in [-0.15, -0.1) is 0 Å². The minimum absolute atomic E-state index is 0.0240. The van der Waals surface area contributed by atoms with Crippen LogP contribution in [0.5, 0.6) is 0 Å². The van der Waals surface area contributed by atoms with E-state index < -0.39 is 18.6 Å². The number of likely N-dealkylation sites (N-methyl/N-ethyl adjacent to an activating group) is 1. The van der Waals surface area contributed by atoms with Crippen molar-refractivity contribution in [2.24, 2.45) is 0 Å². The number of alkyl halides is 3. The van der Waals surface area contributed by atoms with Crippen LogP contribution in [0.2, 0.25) is 0 Å². The zero-order chi connectivity index (χ0) is 14.3. The number of halogens is 3. The molecule has 0 aromatic rings. The Balaban J connectivity index is 2.11. The summed E-state index contributed by atoms with van der Waals surface area (Å²) in [5, 5.41) is 4.61. The van der Waals surface area contributed by atoms with E-state index in [0.29, 0.717) is 13.2 Å². The van der Waals surface area contributed by atoms with Gasteiger partial charge in [-0.1, -0.05) is 6.92 Å². The van der Waals surface area contributed by atoms with Crippen LogP contribution in [0.15, 0.2) is 0 Å². The van der Waals surface area contributed by atoms with Gasteiger partial charge in [0.25, 0.3) is 0 Å². The highest BCUT2D eigenvalue weighted by Gasteiger charge is 2.27. The minimum atomic E-state index is -4.37. The monoisotopic (exact) mass is 283 g/mol. The fourth-order valence-corrected chi connectivity index (χ4v) is 1.80. The largest absolute Gasteiger partial charge is 0.405 e. The first-order chi connectivity index (χ1) is 8.90. The van der Waals surface area contributed by atoms with Crippen molar-refractivity contribution in [2.75, 3.05) is 45.9 Å². The highest BCUT2D eigenvalue weighted by Crippen LogP contribution is 2.11. The molecule has 1 rings (SSSR count). The number of carbonyl (C=O) groups excluding carboxylic acids is 1. The van der Waals surface area contributed by atoms with Gasteiger partial charge in [0.05, 0.1) is 19.3 Å². The van der Waals surface area contributed by atoms with E-state index in [1.807, 2.05) is 0 Å². The number of nitrogens with zero attached hydrogens (tertiary/aromatic N) is 1. The van der Waals surface area contributed by atoms with Crippen LogP contribution < -0.4 is 10.6 Å². The molecule has 1 unspecified atom stereocenters. The predicted molar refractivity (Wildman–Crippen MR) is 63.8 cm³/mol. The molecule has 0 radical (unpaired) electrons. The third-order valence-electron chi connectivity index (χ3n) is 2.81. The van der Waals surface area contributed by atoms with Crippen molar-refractivity contribution in [1.29, 1.82) is 0 Å². The Kier molecular flexibility index (Phi) is 6.53. The standard InChI is InChI=1S/C11H20F3N3O2/c1-2-17-3-4-19-9(7-17)5-15-6-10(18)16-8-11(12,13)14/h9,15H,2-8H2,1H3,(H,16,18). The zero-order valence-electron chi connectivity index (χ0n) is 10.9. The maximum absolute atomic E-state index is 11.9. The molecule has 1 heterocycles. The van der Waals surface area contributed by atoms with Gasteiger partial charge in [0.15, 0.2) is 0 Å². The predicted octanol–water partition coefficient (Wildman–Crippen LogP) is -0.0248. The molecule has 0 aromatic carbocycles. The number of carbonyl (C=O) groups is 1. The van der Waals surface area contributed by atoms with Crippen LogP contribution in [0.4, 0.5) is 13.2 Å². The quantitative estimate of drug-likeness (QED) is 0.719. The van der Waals surface area contributed by atoms with Crippen LogP contribution in [0.1, 0.15) is 6.92 Å². The van der Waals surface area contributed by atoms with Crippen molar-refractivity contribution in [3.63, 3.8) is 0 Å². The first-order valence-corrected chi connectivity index (χ1v) is 6.29. The highest BCUT2D eigenvalue weighted by molar-refractivity contribution is 5.77. The van der Waals surface area contributed by atoms with E-state index in [2.05, 4.69) is 17.1 Å². The molecule has 1 aliphatic heterocycles. The van der Waals surface area contributed by atoms with Crippen LogP contribution in [-0.2, 0) is 9.53 Å². The second kappa shape index (κ2) is 7.66. The van der Waals surface area contributed by atoms with Crippen molar-refractivity contribution in [2.45, 2.75) is 19.2 Å². The number of hydrogen-bond donors (Lipinski definition) is 2. The Morgan fingerprint density at radius 2 is 2.21 bits per heavy atom. The maximum atomic E-state index is 11.9. The van der Waals surface area contributed by atoms with Crippen LogP contribution in [0.3, 0.4) is 0 Å². The first kappa shape index (κ1) is 16.2. The van der Waals surface area contributed by atoms with Gasteiger partial charge in [0, 0.05) is 19.6 Å². The van der Waals surface area contributed by atoms with Crippen LogP contribution in [-0.4, -0.2) is 69.0 Å². The molecule has 19 heavy (non-hydrogen) atoms. The third-order valence-corrected chi connectivity index (χ3v) is 2.81. The third kappa shape index (κ3) is 7.34. The Labute approximate surface area is 110 Å². The summed E-state index contributed by atoms with van der Waals surface area (Å²) in [6, 6.07) is 0. The Morgan fingerprint density at radius 1 is 1.47 bits per heavy atom. The molecule has 0 spiro atoms. The molecule has 112 valence electrons. The second-order valence-electron chi connectivity index (χ2n) is 4.41. The van der Waals surface area contributed by atoms with E-state index >= 15 is 0 Å². The molecule has 0 saturated carbocycles. The number of nitrogens with one attached hydrogen (secondary N) is 2. The molecule has 1 fully saturated rings. The van der Waals surface area contributed by atoms with Crippen LogP contribution in [0, 0.1) is 0 Å². The highest BCUT2D eigenvalue weighted by atomic mass is 19.4. The van der Waals surface area contributed by atoms with E-state index in [4.69, 9.17) is 4.74 Å². The van der Waals surface area contributed by atoms with E-state index in [-0.39, 0.29) is 12.6 Å². The summed E-state index contributed by atoms with van der Waals surface area (Å²) in [5.74, 6) is -0.666. The average Bonchev–Trinajstić information content (AvgIpc) is 2.36. The fraction of sp³-hybridized carbons (Fsp3) is 0.909. The van der Waals surface area contributed by atoms with E-state index in [9.17, 15) is 18.0 Å². The molecule has 1 saturated heterocycles. The van der Waals surface area contributed by atoms with Gasteiger partial charge >= 0.3 is 6.18 Å². The Hall–Kier alpha value is -0.860. The molecular formula is C11H20F3N3O2. The average molecular weight is 283 g/mol. The number of ether oxygens (including phenoxy) is 1. The molecule has 0 aromatic heterocycles. The summed E-state index contributed by atoms with van der Waals surface area (Å²) in [5.41, 5.74) is 0. The molecule has 5 nitrogen and oxygen atoms in total. The summed E-state index contributed by atoms with van der Waals surface area (Å²) in [4.78, 5) is 13.3. The zero-order valence-corrected chi connectivity index (χ0v) is 10.9. The summed E-state index contributed by atoms with van der Waals surface area (Å²) < 4.78 is 41.0. The summed E-state index contributed by atoms with van der Waals surface area (Å²) in [6.07, 6.45) is -4.40. The molecule has 0 aliphatic carbocycles. The SMILES string of the molecule is CCN1CCOC(CNCC(=O)NCC(F)(F)F)C1. The van der Waals surface area contributed by atoms with Crippen LogP contribution in [0.25, 0.3) is 0 Å². The lowest BCUT2D eigenvalue weighted by Crippen LogP contribution is -2.48. The molecule has 0 bridgehead atoms. The number of amides is 1. The van der Waals surface area contributed by atoms with E-state index in [0.717, 1.165) is 19.6 Å². The van der Waals surface area contributed by atoms with Crippen molar-refractivity contribution in [3.8, 4) is 0 Å². The van der Waals surface area contributed by atoms with E-state index in [1.54, 1.807) is 5.32 Å². The molecule has 1 amide bonds. The summed E-state index contributed by atoms with van der Waals surface area (Å²) in [6.45, 7) is 4.31. The lowest BCUT2D eigenvalue weighted by atomic mass is 10.2. The number of rotatable bonds is 6. The van der Waals surface area contributed by atoms with Crippen molar-refractivity contribution >= 4 is 5.91 Å². The Bertz CT molecular complexity index is 287. The molecule has 8 heteroatoms. The van der Waals surface area contributed by atoms with Gasteiger partial charge < -0.3 is 15.4 Å². The minimum Gasteiger partial charge on any atom is -0.374 e. The fourth-order valence-electron chi connectivity index (χ4n) is 1.80.